The van der Waals surface area contributed by atoms with Gasteiger partial charge in [-0.1, -0.05) is 43.3 Å². The third-order valence-corrected chi connectivity index (χ3v) is 3.99. The molecule has 1 heterocycles. The number of unbranched alkanes of at least 4 members (excludes halogenated alkanes) is 1. The van der Waals surface area contributed by atoms with Crippen LogP contribution in [0.4, 0.5) is 0 Å². The lowest BCUT2D eigenvalue weighted by molar-refractivity contribution is 0.960. The van der Waals surface area contributed by atoms with E-state index in [1.54, 1.807) is 23.1 Å². The Balaban J connectivity index is 2.09. The van der Waals surface area contributed by atoms with Crippen molar-refractivity contribution < 1.29 is 0 Å². The number of rotatable bonds is 4. The molecule has 2 rings (SSSR count). The molecule has 15 heavy (non-hydrogen) atoms. The summed E-state index contributed by atoms with van der Waals surface area (Å²) in [6, 6.07) is 8.27. The lowest BCUT2D eigenvalue weighted by Gasteiger charge is -1.85. The van der Waals surface area contributed by atoms with Crippen molar-refractivity contribution in [2.24, 2.45) is 0 Å². The van der Waals surface area contributed by atoms with Crippen LogP contribution in [0.1, 0.15) is 19.8 Å². The Morgan fingerprint density at radius 1 is 1.40 bits per heavy atom. The van der Waals surface area contributed by atoms with E-state index in [-0.39, 0.29) is 0 Å². The Bertz CT molecular complexity index is 426. The van der Waals surface area contributed by atoms with E-state index < -0.39 is 0 Å². The average Bonchev–Trinajstić information content (AvgIpc) is 2.67. The number of hydrogen-bond donors (Lipinski definition) is 0. The van der Waals surface area contributed by atoms with Crippen molar-refractivity contribution in [3.05, 3.63) is 35.7 Å². The maximum atomic E-state index is 4.54. The summed E-state index contributed by atoms with van der Waals surface area (Å²) >= 11 is 3.47. The van der Waals surface area contributed by atoms with Gasteiger partial charge in [-0.3, -0.25) is 0 Å². The van der Waals surface area contributed by atoms with Gasteiger partial charge in [0.25, 0.3) is 0 Å². The fraction of sp³-hybridized carbons (Fsp3) is 0.250. The van der Waals surface area contributed by atoms with Gasteiger partial charge in [0.1, 0.15) is 0 Å². The highest BCUT2D eigenvalue weighted by molar-refractivity contribution is 8.03. The molecule has 0 aliphatic heterocycles. The molecule has 0 spiro atoms. The van der Waals surface area contributed by atoms with Gasteiger partial charge < -0.3 is 0 Å². The third-order valence-electron chi connectivity index (χ3n) is 1.99. The molecule has 0 unspecified atom stereocenters. The smallest absolute Gasteiger partial charge is 0.155 e. The molecule has 0 bridgehead atoms. The standard InChI is InChI=1S/C12H13NS2/c1-2-3-6-9-14-12-13-10-7-4-5-8-11(10)15-12/h4-9H,2-3H2,1H3. The van der Waals surface area contributed by atoms with E-state index in [9.17, 15) is 0 Å². The SMILES string of the molecule is CCCC=CSc1nc2ccccc2s1. The van der Waals surface area contributed by atoms with Crippen LogP contribution >= 0.6 is 23.1 Å². The fourth-order valence-electron chi connectivity index (χ4n) is 1.24. The molecular weight excluding hydrogens is 222 g/mol. The summed E-state index contributed by atoms with van der Waals surface area (Å²) in [5, 5.41) is 2.14. The molecular formula is C12H13NS2. The Morgan fingerprint density at radius 3 is 3.07 bits per heavy atom. The third kappa shape index (κ3) is 2.83. The minimum atomic E-state index is 1.11. The van der Waals surface area contributed by atoms with Crippen LogP contribution in [0.15, 0.2) is 40.1 Å². The second kappa shape index (κ2) is 5.33. The maximum absolute atomic E-state index is 4.54. The van der Waals surface area contributed by atoms with Crippen LogP contribution in [0.25, 0.3) is 10.2 Å². The van der Waals surface area contributed by atoms with Crippen molar-refractivity contribution >= 4 is 33.3 Å². The number of nitrogens with zero attached hydrogens (tertiary/aromatic N) is 1. The zero-order valence-corrected chi connectivity index (χ0v) is 10.3. The van der Waals surface area contributed by atoms with E-state index in [4.69, 9.17) is 0 Å². The first kappa shape index (κ1) is 10.7. The summed E-state index contributed by atoms with van der Waals surface area (Å²) in [6.45, 7) is 2.19. The number of thioether (sulfide) groups is 1. The first-order chi connectivity index (χ1) is 7.40. The molecule has 3 heteroatoms. The van der Waals surface area contributed by atoms with Gasteiger partial charge in [-0.15, -0.1) is 11.3 Å². The molecule has 0 radical (unpaired) electrons. The number of para-hydroxylation sites is 1. The van der Waals surface area contributed by atoms with Crippen LogP contribution in [0.2, 0.25) is 0 Å². The van der Waals surface area contributed by atoms with E-state index >= 15 is 0 Å². The van der Waals surface area contributed by atoms with Crippen LogP contribution in [0, 0.1) is 0 Å². The van der Waals surface area contributed by atoms with E-state index in [1.165, 1.54) is 11.1 Å². The van der Waals surface area contributed by atoms with Crippen LogP contribution in [0.5, 0.6) is 0 Å². The minimum Gasteiger partial charge on any atom is -0.229 e. The number of aromatic nitrogens is 1. The van der Waals surface area contributed by atoms with Crippen LogP contribution in [-0.2, 0) is 0 Å². The first-order valence-corrected chi connectivity index (χ1v) is 6.77. The van der Waals surface area contributed by atoms with E-state index in [2.05, 4.69) is 41.6 Å². The molecule has 0 atom stereocenters. The molecule has 78 valence electrons. The molecule has 0 N–H and O–H groups in total. The molecule has 1 aromatic heterocycles. The average molecular weight is 235 g/mol. The number of benzene rings is 1. The predicted octanol–water partition coefficient (Wildman–Crippen LogP) is 4.70. The van der Waals surface area contributed by atoms with Gasteiger partial charge in [-0.25, -0.2) is 4.98 Å². The molecule has 0 aliphatic carbocycles. The zero-order valence-electron chi connectivity index (χ0n) is 8.64. The van der Waals surface area contributed by atoms with Gasteiger partial charge in [0, 0.05) is 0 Å². The second-order valence-corrected chi connectivity index (χ2v) is 5.41. The number of allylic oxidation sites excluding steroid dienone is 1. The lowest BCUT2D eigenvalue weighted by Crippen LogP contribution is -1.65. The predicted molar refractivity (Wildman–Crippen MR) is 69.5 cm³/mol. The van der Waals surface area contributed by atoms with Gasteiger partial charge in [-0.05, 0) is 24.0 Å². The number of fused-ring (bicyclic) bond motifs is 1. The number of hydrogen-bond acceptors (Lipinski definition) is 3. The van der Waals surface area contributed by atoms with Crippen molar-refractivity contribution in [1.29, 1.82) is 0 Å². The Labute approximate surface area is 98.2 Å². The van der Waals surface area contributed by atoms with Crippen LogP contribution < -0.4 is 0 Å². The lowest BCUT2D eigenvalue weighted by atomic mass is 10.3. The van der Waals surface area contributed by atoms with Crippen molar-refractivity contribution in [3.8, 4) is 0 Å². The molecule has 1 nitrogen and oxygen atoms in total. The van der Waals surface area contributed by atoms with Gasteiger partial charge in [0.2, 0.25) is 0 Å². The highest BCUT2D eigenvalue weighted by Crippen LogP contribution is 2.29. The van der Waals surface area contributed by atoms with Crippen molar-refractivity contribution in [2.75, 3.05) is 0 Å². The summed E-state index contributed by atoms with van der Waals surface area (Å²) in [4.78, 5) is 4.54. The largest absolute Gasteiger partial charge is 0.229 e. The van der Waals surface area contributed by atoms with Crippen molar-refractivity contribution in [1.82, 2.24) is 4.98 Å². The first-order valence-electron chi connectivity index (χ1n) is 5.07. The molecule has 0 saturated carbocycles. The van der Waals surface area contributed by atoms with Crippen molar-refractivity contribution in [3.63, 3.8) is 0 Å². The molecule has 2 aromatic rings. The topological polar surface area (TPSA) is 12.9 Å². The minimum absolute atomic E-state index is 1.11. The van der Waals surface area contributed by atoms with Crippen molar-refractivity contribution in [2.45, 2.75) is 24.1 Å². The van der Waals surface area contributed by atoms with E-state index in [0.717, 1.165) is 16.3 Å². The summed E-state index contributed by atoms with van der Waals surface area (Å²) < 4.78 is 2.40. The summed E-state index contributed by atoms with van der Waals surface area (Å²) in [7, 11) is 0. The summed E-state index contributed by atoms with van der Waals surface area (Å²) in [5.41, 5.74) is 1.11. The zero-order chi connectivity index (χ0) is 10.5. The van der Waals surface area contributed by atoms with Gasteiger partial charge in [0.15, 0.2) is 4.34 Å². The molecule has 0 amide bonds. The monoisotopic (exact) mass is 235 g/mol. The normalized spacial score (nSPS) is 11.5. The molecule has 1 aromatic carbocycles. The summed E-state index contributed by atoms with van der Waals surface area (Å²) in [5.74, 6) is 0. The quantitative estimate of drug-likeness (QED) is 0.712. The maximum Gasteiger partial charge on any atom is 0.155 e. The second-order valence-electron chi connectivity index (χ2n) is 3.23. The van der Waals surface area contributed by atoms with Gasteiger partial charge in [0.05, 0.1) is 10.2 Å². The molecule has 0 saturated heterocycles. The van der Waals surface area contributed by atoms with E-state index in [1.807, 2.05) is 6.07 Å². The Morgan fingerprint density at radius 2 is 2.27 bits per heavy atom. The Hall–Kier alpha value is -0.800. The highest BCUT2D eigenvalue weighted by atomic mass is 32.2. The van der Waals surface area contributed by atoms with E-state index in [0.29, 0.717) is 0 Å². The number of thiazole rings is 1. The van der Waals surface area contributed by atoms with Gasteiger partial charge in [-0.2, -0.15) is 0 Å². The summed E-state index contributed by atoms with van der Waals surface area (Å²) in [6.07, 6.45) is 4.56. The fourth-order valence-corrected chi connectivity index (χ4v) is 3.07. The van der Waals surface area contributed by atoms with Gasteiger partial charge >= 0.3 is 0 Å². The Kier molecular flexibility index (Phi) is 3.80. The van der Waals surface area contributed by atoms with Crippen LogP contribution in [0.3, 0.4) is 0 Å². The molecule has 0 fully saturated rings. The molecule has 0 aliphatic rings. The highest BCUT2D eigenvalue weighted by Gasteiger charge is 2.00. The van der Waals surface area contributed by atoms with Crippen LogP contribution in [-0.4, -0.2) is 4.98 Å².